The predicted molar refractivity (Wildman–Crippen MR) is 88.2 cm³/mol. The lowest BCUT2D eigenvalue weighted by Crippen LogP contribution is -2.44. The minimum absolute atomic E-state index is 0.402. The summed E-state index contributed by atoms with van der Waals surface area (Å²) in [6.45, 7) is 5.37. The number of likely N-dealkylation sites (tertiary alicyclic amines) is 1. The van der Waals surface area contributed by atoms with Crippen molar-refractivity contribution in [2.24, 2.45) is 11.8 Å². The minimum atomic E-state index is 0.402. The molecule has 0 unspecified atom stereocenters. The smallest absolute Gasteiger partial charge is 0.118 e. The van der Waals surface area contributed by atoms with Crippen LogP contribution in [0.4, 0.5) is 0 Å². The third-order valence-electron chi connectivity index (χ3n) is 5.00. The van der Waals surface area contributed by atoms with Crippen LogP contribution in [-0.4, -0.2) is 63.4 Å². The van der Waals surface area contributed by atoms with Crippen molar-refractivity contribution in [3.63, 3.8) is 0 Å². The molecule has 0 spiro atoms. The Labute approximate surface area is 134 Å². The molecule has 0 bridgehead atoms. The Morgan fingerprint density at radius 3 is 2.73 bits per heavy atom. The fraction of sp³-hybridized carbons (Fsp3) is 0.667. The molecule has 4 nitrogen and oxygen atoms in total. The molecule has 2 aliphatic rings. The molecule has 0 N–H and O–H groups in total. The lowest BCUT2D eigenvalue weighted by Gasteiger charge is -2.36. The summed E-state index contributed by atoms with van der Waals surface area (Å²) in [4.78, 5) is 4.83. The Morgan fingerprint density at radius 1 is 1.27 bits per heavy atom. The van der Waals surface area contributed by atoms with E-state index in [0.717, 1.165) is 37.9 Å². The third-order valence-corrected chi connectivity index (χ3v) is 5.00. The van der Waals surface area contributed by atoms with Crippen molar-refractivity contribution in [2.45, 2.75) is 19.1 Å². The monoisotopic (exact) mass is 304 g/mol. The molecule has 1 aromatic carbocycles. The van der Waals surface area contributed by atoms with Crippen LogP contribution >= 0.6 is 0 Å². The normalized spacial score (nSPS) is 28.8. The topological polar surface area (TPSA) is 24.9 Å². The van der Waals surface area contributed by atoms with Gasteiger partial charge in [-0.1, -0.05) is 12.1 Å². The van der Waals surface area contributed by atoms with Crippen LogP contribution in [0.25, 0.3) is 0 Å². The summed E-state index contributed by atoms with van der Waals surface area (Å²) in [6.07, 6.45) is 1.67. The quantitative estimate of drug-likeness (QED) is 0.832. The number of hydrogen-bond acceptors (Lipinski definition) is 4. The van der Waals surface area contributed by atoms with E-state index in [1.807, 2.05) is 0 Å². The molecular weight excluding hydrogens is 276 g/mol. The Balaban J connectivity index is 1.59. The van der Waals surface area contributed by atoms with Gasteiger partial charge in [-0.15, -0.1) is 0 Å². The van der Waals surface area contributed by atoms with Crippen molar-refractivity contribution in [1.82, 2.24) is 9.80 Å². The number of benzene rings is 1. The largest absolute Gasteiger partial charge is 0.497 e. The van der Waals surface area contributed by atoms with Crippen LogP contribution in [-0.2, 0) is 11.3 Å². The summed E-state index contributed by atoms with van der Waals surface area (Å²) >= 11 is 0. The van der Waals surface area contributed by atoms with Gasteiger partial charge in [0.15, 0.2) is 0 Å². The molecule has 0 radical (unpaired) electrons. The first kappa shape index (κ1) is 15.8. The van der Waals surface area contributed by atoms with Crippen LogP contribution < -0.4 is 4.74 Å². The highest BCUT2D eigenvalue weighted by Gasteiger charge is 2.40. The first-order chi connectivity index (χ1) is 10.7. The standard InChI is InChI=1S/C18H28N2O2/c1-19(2)12-18-17-11-20(9-8-15(17)13-22-18)10-14-4-6-16(21-3)7-5-14/h4-7,15,17-18H,8-13H2,1-3H3/t15-,17-,18+/m1/s1. The summed E-state index contributed by atoms with van der Waals surface area (Å²) in [6, 6.07) is 8.45. The molecule has 2 heterocycles. The molecule has 0 saturated carbocycles. The van der Waals surface area contributed by atoms with E-state index < -0.39 is 0 Å². The highest BCUT2D eigenvalue weighted by Crippen LogP contribution is 2.34. The van der Waals surface area contributed by atoms with Crippen molar-refractivity contribution in [1.29, 1.82) is 0 Å². The fourth-order valence-electron chi connectivity index (χ4n) is 3.78. The van der Waals surface area contributed by atoms with Gasteiger partial charge in [-0.2, -0.15) is 0 Å². The average Bonchev–Trinajstić information content (AvgIpc) is 2.90. The summed E-state index contributed by atoms with van der Waals surface area (Å²) in [5.74, 6) is 2.38. The highest BCUT2D eigenvalue weighted by molar-refractivity contribution is 5.27. The van der Waals surface area contributed by atoms with E-state index >= 15 is 0 Å². The number of rotatable bonds is 5. The zero-order chi connectivity index (χ0) is 15.5. The lowest BCUT2D eigenvalue weighted by atomic mass is 9.84. The number of methoxy groups -OCH3 is 1. The minimum Gasteiger partial charge on any atom is -0.497 e. The maximum atomic E-state index is 6.05. The first-order valence-corrected chi connectivity index (χ1v) is 8.27. The molecule has 1 aromatic rings. The van der Waals surface area contributed by atoms with Gasteiger partial charge in [-0.3, -0.25) is 4.90 Å². The van der Waals surface area contributed by atoms with Gasteiger partial charge in [-0.25, -0.2) is 0 Å². The zero-order valence-electron chi connectivity index (χ0n) is 14.0. The van der Waals surface area contributed by atoms with Crippen LogP contribution in [0.15, 0.2) is 24.3 Å². The van der Waals surface area contributed by atoms with Crippen LogP contribution in [0.2, 0.25) is 0 Å². The molecular formula is C18H28N2O2. The number of fused-ring (bicyclic) bond motifs is 1. The van der Waals surface area contributed by atoms with Crippen LogP contribution in [0.5, 0.6) is 5.75 Å². The predicted octanol–water partition coefficient (Wildman–Crippen LogP) is 2.09. The second-order valence-corrected chi connectivity index (χ2v) is 6.93. The summed E-state index contributed by atoms with van der Waals surface area (Å²) in [5.41, 5.74) is 1.36. The van der Waals surface area contributed by atoms with E-state index in [9.17, 15) is 0 Å². The van der Waals surface area contributed by atoms with Gasteiger partial charge in [-0.05, 0) is 50.7 Å². The van der Waals surface area contributed by atoms with Crippen molar-refractivity contribution in [3.8, 4) is 5.75 Å². The van der Waals surface area contributed by atoms with Gasteiger partial charge in [0.2, 0.25) is 0 Å². The number of ether oxygens (including phenoxy) is 2. The van der Waals surface area contributed by atoms with Gasteiger partial charge in [0.1, 0.15) is 5.75 Å². The number of piperidine rings is 1. The zero-order valence-corrected chi connectivity index (χ0v) is 14.0. The molecule has 2 fully saturated rings. The number of hydrogen-bond donors (Lipinski definition) is 0. The Hall–Kier alpha value is -1.10. The van der Waals surface area contributed by atoms with Crippen molar-refractivity contribution < 1.29 is 9.47 Å². The molecule has 3 atom stereocenters. The van der Waals surface area contributed by atoms with Crippen LogP contribution in [0, 0.1) is 11.8 Å². The number of likely N-dealkylation sites (N-methyl/N-ethyl adjacent to an activating group) is 1. The second kappa shape index (κ2) is 6.99. The van der Waals surface area contributed by atoms with E-state index in [2.05, 4.69) is 48.2 Å². The fourth-order valence-corrected chi connectivity index (χ4v) is 3.78. The molecule has 0 aromatic heterocycles. The van der Waals surface area contributed by atoms with E-state index in [1.54, 1.807) is 7.11 Å². The molecule has 122 valence electrons. The SMILES string of the molecule is COc1ccc(CN2CC[C@@H]3CO[C@@H](CN(C)C)[C@@H]3C2)cc1. The summed E-state index contributed by atoms with van der Waals surface area (Å²) < 4.78 is 11.3. The van der Waals surface area contributed by atoms with E-state index in [4.69, 9.17) is 9.47 Å². The molecule has 2 saturated heterocycles. The second-order valence-electron chi connectivity index (χ2n) is 6.93. The van der Waals surface area contributed by atoms with Crippen molar-refractivity contribution >= 4 is 0 Å². The molecule has 22 heavy (non-hydrogen) atoms. The lowest BCUT2D eigenvalue weighted by molar-refractivity contribution is 0.0543. The van der Waals surface area contributed by atoms with Crippen molar-refractivity contribution in [3.05, 3.63) is 29.8 Å². The molecule has 0 amide bonds. The van der Waals surface area contributed by atoms with Gasteiger partial charge < -0.3 is 14.4 Å². The molecule has 3 rings (SSSR count). The third kappa shape index (κ3) is 3.62. The molecule has 2 aliphatic heterocycles. The Kier molecular flexibility index (Phi) is 5.01. The van der Waals surface area contributed by atoms with Gasteiger partial charge >= 0.3 is 0 Å². The Bertz CT molecular complexity index is 474. The van der Waals surface area contributed by atoms with E-state index in [1.165, 1.54) is 18.5 Å². The van der Waals surface area contributed by atoms with Crippen LogP contribution in [0.1, 0.15) is 12.0 Å². The highest BCUT2D eigenvalue weighted by atomic mass is 16.5. The van der Waals surface area contributed by atoms with Crippen LogP contribution in [0.3, 0.4) is 0 Å². The number of nitrogens with zero attached hydrogens (tertiary/aromatic N) is 2. The van der Waals surface area contributed by atoms with E-state index in [-0.39, 0.29) is 0 Å². The maximum Gasteiger partial charge on any atom is 0.118 e. The summed E-state index contributed by atoms with van der Waals surface area (Å²) in [5, 5.41) is 0. The van der Waals surface area contributed by atoms with Gasteiger partial charge in [0.25, 0.3) is 0 Å². The molecule has 0 aliphatic carbocycles. The van der Waals surface area contributed by atoms with E-state index in [0.29, 0.717) is 12.0 Å². The van der Waals surface area contributed by atoms with Crippen molar-refractivity contribution in [2.75, 3.05) is 47.4 Å². The maximum absolute atomic E-state index is 6.05. The summed E-state index contributed by atoms with van der Waals surface area (Å²) in [7, 11) is 5.98. The molecule has 4 heteroatoms. The van der Waals surface area contributed by atoms with Gasteiger partial charge in [0.05, 0.1) is 19.8 Å². The first-order valence-electron chi connectivity index (χ1n) is 8.27. The van der Waals surface area contributed by atoms with Gasteiger partial charge in [0, 0.05) is 25.6 Å². The average molecular weight is 304 g/mol. The Morgan fingerprint density at radius 2 is 2.05 bits per heavy atom.